The smallest absolute Gasteiger partial charge is 0.345 e. The van der Waals surface area contributed by atoms with Crippen molar-refractivity contribution in [1.82, 2.24) is 0 Å². The Balaban J connectivity index is 1.67. The van der Waals surface area contributed by atoms with Crippen molar-refractivity contribution in [1.29, 1.82) is 0 Å². The standard InChI is InChI=1S/C16H20O4/c17-16(18)15-9-11-7-8-13(10-14(11)20-15)19-12-5-3-1-2-4-6-12/h7-8,10,12,15H,1-6,9H2,(H,17,18). The van der Waals surface area contributed by atoms with Gasteiger partial charge >= 0.3 is 5.97 Å². The van der Waals surface area contributed by atoms with Crippen LogP contribution < -0.4 is 9.47 Å². The molecule has 1 heterocycles. The van der Waals surface area contributed by atoms with E-state index in [0.717, 1.165) is 24.2 Å². The van der Waals surface area contributed by atoms with E-state index in [4.69, 9.17) is 14.6 Å². The molecule has 1 fully saturated rings. The Hall–Kier alpha value is -1.71. The molecule has 3 rings (SSSR count). The van der Waals surface area contributed by atoms with Gasteiger partial charge in [0.15, 0.2) is 6.10 Å². The van der Waals surface area contributed by atoms with Crippen LogP contribution in [0.4, 0.5) is 0 Å². The number of fused-ring (bicyclic) bond motifs is 1. The van der Waals surface area contributed by atoms with Gasteiger partial charge in [0, 0.05) is 12.5 Å². The third kappa shape index (κ3) is 2.89. The van der Waals surface area contributed by atoms with Crippen molar-refractivity contribution in [2.45, 2.75) is 57.2 Å². The predicted molar refractivity (Wildman–Crippen MR) is 74.3 cm³/mol. The number of hydrogen-bond donors (Lipinski definition) is 1. The third-order valence-electron chi connectivity index (χ3n) is 4.09. The average molecular weight is 276 g/mol. The lowest BCUT2D eigenvalue weighted by Crippen LogP contribution is -2.24. The van der Waals surface area contributed by atoms with Gasteiger partial charge in [-0.15, -0.1) is 0 Å². The fourth-order valence-electron chi connectivity index (χ4n) is 2.97. The molecule has 1 aromatic rings. The first kappa shape index (κ1) is 13.3. The molecule has 108 valence electrons. The molecule has 0 radical (unpaired) electrons. The number of hydrogen-bond acceptors (Lipinski definition) is 3. The van der Waals surface area contributed by atoms with E-state index in [-0.39, 0.29) is 6.10 Å². The van der Waals surface area contributed by atoms with Crippen LogP contribution in [-0.2, 0) is 11.2 Å². The van der Waals surface area contributed by atoms with E-state index in [1.807, 2.05) is 18.2 Å². The first-order chi connectivity index (χ1) is 9.72. The van der Waals surface area contributed by atoms with Gasteiger partial charge in [0.25, 0.3) is 0 Å². The second kappa shape index (κ2) is 5.73. The van der Waals surface area contributed by atoms with Gasteiger partial charge in [-0.1, -0.05) is 18.9 Å². The second-order valence-corrected chi connectivity index (χ2v) is 5.65. The highest BCUT2D eigenvalue weighted by Gasteiger charge is 2.29. The summed E-state index contributed by atoms with van der Waals surface area (Å²) < 4.78 is 11.5. The van der Waals surface area contributed by atoms with Crippen molar-refractivity contribution in [3.05, 3.63) is 23.8 Å². The molecule has 0 amide bonds. The van der Waals surface area contributed by atoms with Gasteiger partial charge < -0.3 is 14.6 Å². The molecule has 1 aromatic carbocycles. The molecule has 1 atom stereocenters. The normalized spacial score (nSPS) is 22.7. The van der Waals surface area contributed by atoms with Gasteiger partial charge in [-0.3, -0.25) is 0 Å². The van der Waals surface area contributed by atoms with E-state index in [1.165, 1.54) is 25.7 Å². The molecular formula is C16H20O4. The minimum absolute atomic E-state index is 0.284. The van der Waals surface area contributed by atoms with Gasteiger partial charge in [-0.05, 0) is 37.3 Å². The first-order valence-corrected chi connectivity index (χ1v) is 7.41. The summed E-state index contributed by atoms with van der Waals surface area (Å²) in [5, 5.41) is 8.99. The summed E-state index contributed by atoms with van der Waals surface area (Å²) in [6, 6.07) is 5.69. The maximum absolute atomic E-state index is 11.0. The maximum Gasteiger partial charge on any atom is 0.345 e. The molecule has 1 N–H and O–H groups in total. The number of ether oxygens (including phenoxy) is 2. The van der Waals surface area contributed by atoms with Crippen LogP contribution in [0.1, 0.15) is 44.1 Å². The minimum atomic E-state index is -0.910. The Morgan fingerprint density at radius 3 is 2.65 bits per heavy atom. The van der Waals surface area contributed by atoms with E-state index in [9.17, 15) is 4.79 Å². The molecule has 1 saturated carbocycles. The largest absolute Gasteiger partial charge is 0.490 e. The molecule has 0 bridgehead atoms. The van der Waals surface area contributed by atoms with Crippen LogP contribution in [0.5, 0.6) is 11.5 Å². The summed E-state index contributed by atoms with van der Waals surface area (Å²) in [5.41, 5.74) is 0.950. The Morgan fingerprint density at radius 1 is 1.20 bits per heavy atom. The van der Waals surface area contributed by atoms with Crippen LogP contribution in [0, 0.1) is 0 Å². The fourth-order valence-corrected chi connectivity index (χ4v) is 2.97. The summed E-state index contributed by atoms with van der Waals surface area (Å²) in [7, 11) is 0. The van der Waals surface area contributed by atoms with E-state index in [2.05, 4.69) is 0 Å². The third-order valence-corrected chi connectivity index (χ3v) is 4.09. The molecule has 2 aliphatic rings. The Bertz CT molecular complexity index is 489. The van der Waals surface area contributed by atoms with Crippen molar-refractivity contribution in [3.8, 4) is 11.5 Å². The van der Waals surface area contributed by atoms with Crippen LogP contribution in [0.2, 0.25) is 0 Å². The van der Waals surface area contributed by atoms with Crippen molar-refractivity contribution >= 4 is 5.97 Å². The highest BCUT2D eigenvalue weighted by atomic mass is 16.5. The molecule has 4 nitrogen and oxygen atoms in total. The highest BCUT2D eigenvalue weighted by Crippen LogP contribution is 2.33. The van der Waals surface area contributed by atoms with Crippen LogP contribution in [0.15, 0.2) is 18.2 Å². The van der Waals surface area contributed by atoms with Gasteiger partial charge in [-0.2, -0.15) is 0 Å². The highest BCUT2D eigenvalue weighted by molar-refractivity contribution is 5.74. The molecule has 20 heavy (non-hydrogen) atoms. The topological polar surface area (TPSA) is 55.8 Å². The number of carbonyl (C=O) groups is 1. The zero-order valence-corrected chi connectivity index (χ0v) is 11.5. The zero-order valence-electron chi connectivity index (χ0n) is 11.5. The molecule has 0 saturated heterocycles. The summed E-state index contributed by atoms with van der Waals surface area (Å²) in [4.78, 5) is 11.0. The monoisotopic (exact) mass is 276 g/mol. The Labute approximate surface area is 118 Å². The quantitative estimate of drug-likeness (QED) is 0.861. The maximum atomic E-state index is 11.0. The van der Waals surface area contributed by atoms with Crippen LogP contribution in [-0.4, -0.2) is 23.3 Å². The number of aliphatic carboxylic acids is 1. The van der Waals surface area contributed by atoms with Crippen molar-refractivity contribution in [2.75, 3.05) is 0 Å². The SMILES string of the molecule is O=C(O)C1Cc2ccc(OC3CCCCCC3)cc2O1. The first-order valence-electron chi connectivity index (χ1n) is 7.41. The molecule has 4 heteroatoms. The van der Waals surface area contributed by atoms with Gasteiger partial charge in [0.2, 0.25) is 0 Å². The molecule has 0 aromatic heterocycles. The van der Waals surface area contributed by atoms with Crippen LogP contribution >= 0.6 is 0 Å². The molecular weight excluding hydrogens is 256 g/mol. The van der Waals surface area contributed by atoms with Crippen molar-refractivity contribution in [3.63, 3.8) is 0 Å². The average Bonchev–Trinajstić information content (AvgIpc) is 2.69. The lowest BCUT2D eigenvalue weighted by Gasteiger charge is -2.17. The van der Waals surface area contributed by atoms with Crippen LogP contribution in [0.3, 0.4) is 0 Å². The minimum Gasteiger partial charge on any atom is -0.490 e. The summed E-state index contributed by atoms with van der Waals surface area (Å²) in [6.45, 7) is 0. The summed E-state index contributed by atoms with van der Waals surface area (Å²) in [5.74, 6) is 0.539. The molecule has 1 aliphatic carbocycles. The predicted octanol–water partition coefficient (Wildman–Crippen LogP) is 3.18. The van der Waals surface area contributed by atoms with E-state index >= 15 is 0 Å². The van der Waals surface area contributed by atoms with Crippen molar-refractivity contribution in [2.24, 2.45) is 0 Å². The summed E-state index contributed by atoms with van der Waals surface area (Å²) >= 11 is 0. The van der Waals surface area contributed by atoms with E-state index in [1.54, 1.807) is 0 Å². The molecule has 1 aliphatic heterocycles. The zero-order chi connectivity index (χ0) is 13.9. The Kier molecular flexibility index (Phi) is 3.81. The van der Waals surface area contributed by atoms with Gasteiger partial charge in [-0.25, -0.2) is 4.79 Å². The van der Waals surface area contributed by atoms with E-state index in [0.29, 0.717) is 12.2 Å². The molecule has 1 unspecified atom stereocenters. The summed E-state index contributed by atoms with van der Waals surface area (Å²) in [6.07, 6.45) is 7.24. The Morgan fingerprint density at radius 2 is 1.95 bits per heavy atom. The fraction of sp³-hybridized carbons (Fsp3) is 0.562. The van der Waals surface area contributed by atoms with Gasteiger partial charge in [0.05, 0.1) is 6.10 Å². The molecule has 0 spiro atoms. The number of rotatable bonds is 3. The lowest BCUT2D eigenvalue weighted by molar-refractivity contribution is -0.144. The number of carboxylic acids is 1. The van der Waals surface area contributed by atoms with Crippen LogP contribution in [0.25, 0.3) is 0 Å². The second-order valence-electron chi connectivity index (χ2n) is 5.65. The lowest BCUT2D eigenvalue weighted by atomic mass is 10.1. The van der Waals surface area contributed by atoms with Gasteiger partial charge in [0.1, 0.15) is 11.5 Å². The van der Waals surface area contributed by atoms with Crippen molar-refractivity contribution < 1.29 is 19.4 Å². The number of benzene rings is 1. The van der Waals surface area contributed by atoms with E-state index < -0.39 is 12.1 Å². The number of carboxylic acid groups (broad SMARTS) is 1.